The number of halogens is 3. The summed E-state index contributed by atoms with van der Waals surface area (Å²) in [6.07, 6.45) is -5.36. The van der Waals surface area contributed by atoms with Crippen LogP contribution in [0.25, 0.3) is 11.1 Å². The lowest BCUT2D eigenvalue weighted by molar-refractivity contribution is -0.133. The Morgan fingerprint density at radius 3 is 2.63 bits per heavy atom. The largest absolute Gasteiger partial charge is 0.403 e. The zero-order chi connectivity index (χ0) is 21.9. The minimum atomic E-state index is -4.34. The van der Waals surface area contributed by atoms with Gasteiger partial charge in [-0.15, -0.1) is 0 Å². The predicted molar refractivity (Wildman–Crippen MR) is 103 cm³/mol. The third kappa shape index (κ3) is 5.38. The number of aryl methyl sites for hydroxylation is 1. The van der Waals surface area contributed by atoms with Crippen LogP contribution in [-0.2, 0) is 6.42 Å². The van der Waals surface area contributed by atoms with Gasteiger partial charge < -0.3 is 19.1 Å². The number of nitrogens with zero attached hydrogens (tertiary/aromatic N) is 4. The van der Waals surface area contributed by atoms with Crippen molar-refractivity contribution < 1.29 is 22.4 Å². The van der Waals surface area contributed by atoms with Crippen LogP contribution in [-0.4, -0.2) is 65.0 Å². The molecule has 164 valence electrons. The number of likely N-dealkylation sites (N-methyl/N-ethyl adjacent to an activating group) is 1. The maximum Gasteiger partial charge on any atom is 0.389 e. The topological polar surface area (TPSA) is 104 Å². The number of alkyl halides is 3. The van der Waals surface area contributed by atoms with Crippen LogP contribution in [0.3, 0.4) is 0 Å². The van der Waals surface area contributed by atoms with Gasteiger partial charge in [0.25, 0.3) is 5.56 Å². The summed E-state index contributed by atoms with van der Waals surface area (Å²) in [6.45, 7) is 4.09. The maximum atomic E-state index is 12.7. The van der Waals surface area contributed by atoms with Gasteiger partial charge in [-0.3, -0.25) is 9.78 Å². The number of piperazine rings is 1. The number of oxime groups is 1. The van der Waals surface area contributed by atoms with Crippen LogP contribution in [0.15, 0.2) is 25.2 Å². The van der Waals surface area contributed by atoms with Crippen LogP contribution < -0.4 is 16.0 Å². The molecule has 1 fully saturated rings. The molecule has 0 saturated carbocycles. The zero-order valence-corrected chi connectivity index (χ0v) is 16.6. The minimum Gasteiger partial charge on any atom is -0.403 e. The Bertz CT molecular complexity index is 1040. The normalized spacial score (nSPS) is 16.3. The predicted octanol–water partition coefficient (Wildman–Crippen LogP) is 1.72. The summed E-state index contributed by atoms with van der Waals surface area (Å²) in [7, 11) is 1.92. The van der Waals surface area contributed by atoms with Gasteiger partial charge in [-0.25, -0.2) is 4.79 Å². The van der Waals surface area contributed by atoms with E-state index in [9.17, 15) is 22.8 Å². The highest BCUT2D eigenvalue weighted by molar-refractivity contribution is 5.82. The number of fused-ring (bicyclic) bond motifs is 1. The van der Waals surface area contributed by atoms with E-state index in [-0.39, 0.29) is 29.4 Å². The summed E-state index contributed by atoms with van der Waals surface area (Å²) in [5.41, 5.74) is -1.02. The molecule has 0 unspecified atom stereocenters. The molecule has 0 aliphatic carbocycles. The highest BCUT2D eigenvalue weighted by atomic mass is 19.4. The quantitative estimate of drug-likeness (QED) is 0.438. The number of hydrogen-bond acceptors (Lipinski definition) is 7. The van der Waals surface area contributed by atoms with Crippen molar-refractivity contribution in [2.45, 2.75) is 32.4 Å². The second-order valence-electron chi connectivity index (χ2n) is 7.00. The maximum absolute atomic E-state index is 12.7. The summed E-state index contributed by atoms with van der Waals surface area (Å²) in [4.78, 5) is 39.3. The van der Waals surface area contributed by atoms with E-state index in [4.69, 9.17) is 9.25 Å². The van der Waals surface area contributed by atoms with Gasteiger partial charge in [-0.05, 0) is 19.0 Å². The van der Waals surface area contributed by atoms with E-state index in [0.717, 1.165) is 0 Å². The van der Waals surface area contributed by atoms with Gasteiger partial charge in [-0.1, -0.05) is 12.1 Å². The minimum absolute atomic E-state index is 0.104. The lowest BCUT2D eigenvalue weighted by Crippen LogP contribution is -2.47. The molecular weight excluding hydrogens is 407 g/mol. The molecule has 1 saturated heterocycles. The van der Waals surface area contributed by atoms with Gasteiger partial charge in [0.15, 0.2) is 0 Å². The number of H-pyrrole nitrogens is 1. The summed E-state index contributed by atoms with van der Waals surface area (Å²) >= 11 is 0. The van der Waals surface area contributed by atoms with E-state index in [1.807, 2.05) is 7.05 Å². The molecule has 9 nitrogen and oxygen atoms in total. The smallest absolute Gasteiger partial charge is 0.389 e. The van der Waals surface area contributed by atoms with Crippen molar-refractivity contribution in [3.05, 3.63) is 32.4 Å². The summed E-state index contributed by atoms with van der Waals surface area (Å²) in [6, 6.07) is 0.836. The SMILES string of the molecule is CCc1cc(=O)oc2nc(ON=C(CCC(F)(F)F)N3CCN(C)CC3)[nH]c(=O)c12. The van der Waals surface area contributed by atoms with Crippen LogP contribution in [0.4, 0.5) is 13.2 Å². The molecule has 0 spiro atoms. The first-order valence-electron chi connectivity index (χ1n) is 9.47. The van der Waals surface area contributed by atoms with E-state index in [1.165, 1.54) is 6.07 Å². The first-order chi connectivity index (χ1) is 14.2. The highest BCUT2D eigenvalue weighted by Gasteiger charge is 2.29. The third-order valence-electron chi connectivity index (χ3n) is 4.79. The average molecular weight is 429 g/mol. The van der Waals surface area contributed by atoms with Crippen LogP contribution >= 0.6 is 0 Å². The number of nitrogens with one attached hydrogen (secondary N) is 1. The van der Waals surface area contributed by atoms with Gasteiger partial charge in [0.05, 0.1) is 6.42 Å². The molecule has 0 bridgehead atoms. The summed E-state index contributed by atoms with van der Waals surface area (Å²) in [5.74, 6) is 0.104. The van der Waals surface area contributed by atoms with Crippen molar-refractivity contribution in [1.29, 1.82) is 0 Å². The molecule has 0 aromatic carbocycles. The average Bonchev–Trinajstić information content (AvgIpc) is 2.67. The molecule has 1 aliphatic rings. The van der Waals surface area contributed by atoms with Gasteiger partial charge in [-0.2, -0.15) is 18.2 Å². The molecule has 3 heterocycles. The van der Waals surface area contributed by atoms with Crippen molar-refractivity contribution in [1.82, 2.24) is 19.8 Å². The standard InChI is InChI=1S/C18H22F3N5O4/c1-3-11-10-13(27)29-16-14(11)15(28)22-17(23-16)30-24-12(4-5-18(19,20)21)26-8-6-25(2)7-9-26/h10H,3-9H2,1-2H3,(H,22,23,28). The Morgan fingerprint density at radius 1 is 1.30 bits per heavy atom. The first kappa shape index (κ1) is 21.8. The Hall–Kier alpha value is -2.89. The molecule has 12 heteroatoms. The van der Waals surface area contributed by atoms with Crippen molar-refractivity contribution in [2.24, 2.45) is 5.16 Å². The van der Waals surface area contributed by atoms with E-state index < -0.39 is 23.8 Å². The van der Waals surface area contributed by atoms with E-state index in [1.54, 1.807) is 11.8 Å². The molecule has 2 aromatic heterocycles. The Kier molecular flexibility index (Phi) is 6.44. The molecule has 3 rings (SSSR count). The lowest BCUT2D eigenvalue weighted by atomic mass is 10.1. The Balaban J connectivity index is 1.89. The van der Waals surface area contributed by atoms with Crippen molar-refractivity contribution in [2.75, 3.05) is 33.2 Å². The molecule has 0 radical (unpaired) electrons. The Labute approximate surface area is 169 Å². The summed E-state index contributed by atoms with van der Waals surface area (Å²) in [5, 5.41) is 3.95. The third-order valence-corrected chi connectivity index (χ3v) is 4.79. The molecule has 0 amide bonds. The van der Waals surface area contributed by atoms with Crippen molar-refractivity contribution in [3.8, 4) is 6.01 Å². The fourth-order valence-electron chi connectivity index (χ4n) is 3.13. The molecular formula is C18H22F3N5O4. The highest BCUT2D eigenvalue weighted by Crippen LogP contribution is 2.23. The van der Waals surface area contributed by atoms with Crippen LogP contribution in [0, 0.1) is 0 Å². The number of aromatic amines is 1. The Morgan fingerprint density at radius 2 is 2.00 bits per heavy atom. The molecule has 2 aromatic rings. The first-order valence-corrected chi connectivity index (χ1v) is 9.47. The second-order valence-corrected chi connectivity index (χ2v) is 7.00. The van der Waals surface area contributed by atoms with E-state index in [2.05, 4.69) is 20.0 Å². The van der Waals surface area contributed by atoms with Gasteiger partial charge in [0, 0.05) is 38.7 Å². The van der Waals surface area contributed by atoms with E-state index in [0.29, 0.717) is 38.2 Å². The van der Waals surface area contributed by atoms with Gasteiger partial charge in [0.2, 0.25) is 5.71 Å². The molecule has 1 aliphatic heterocycles. The van der Waals surface area contributed by atoms with Crippen molar-refractivity contribution in [3.63, 3.8) is 0 Å². The fraction of sp³-hybridized carbons (Fsp3) is 0.556. The number of hydrogen-bond donors (Lipinski definition) is 1. The molecule has 30 heavy (non-hydrogen) atoms. The van der Waals surface area contributed by atoms with Gasteiger partial charge >= 0.3 is 17.8 Å². The van der Waals surface area contributed by atoms with E-state index >= 15 is 0 Å². The number of rotatable bonds is 5. The van der Waals surface area contributed by atoms with Crippen LogP contribution in [0.1, 0.15) is 25.3 Å². The van der Waals surface area contributed by atoms with Gasteiger partial charge in [0.1, 0.15) is 11.2 Å². The van der Waals surface area contributed by atoms with Crippen molar-refractivity contribution >= 4 is 16.9 Å². The van der Waals surface area contributed by atoms with Crippen LogP contribution in [0.5, 0.6) is 6.01 Å². The second kappa shape index (κ2) is 8.86. The molecule has 0 atom stereocenters. The monoisotopic (exact) mass is 429 g/mol. The van der Waals surface area contributed by atoms with Crippen LogP contribution in [0.2, 0.25) is 0 Å². The molecule has 1 N–H and O–H groups in total. The number of amidine groups is 1. The lowest BCUT2D eigenvalue weighted by Gasteiger charge is -2.34. The summed E-state index contributed by atoms with van der Waals surface area (Å²) < 4.78 is 43.1. The number of aromatic nitrogens is 2. The zero-order valence-electron chi connectivity index (χ0n) is 16.6. The fourth-order valence-corrected chi connectivity index (χ4v) is 3.13.